The first-order chi connectivity index (χ1) is 26.7. The largest absolute Gasteiger partial charge is 0.480 e. The van der Waals surface area contributed by atoms with Crippen LogP contribution in [-0.2, 0) is 28.8 Å². The zero-order valence-electron chi connectivity index (χ0n) is 35.9. The van der Waals surface area contributed by atoms with Crippen molar-refractivity contribution in [3.8, 4) is 0 Å². The van der Waals surface area contributed by atoms with Gasteiger partial charge in [0.1, 0.15) is 36.3 Å². The predicted octanol–water partition coefficient (Wildman–Crippen LogP) is 2.37. The number of likely N-dealkylation sites (N-methyl/N-ethyl adjacent to an activating group) is 4. The molecule has 14 N–H and O–H groups in total. The second kappa shape index (κ2) is 38.9. The van der Waals surface area contributed by atoms with Crippen molar-refractivity contribution in [1.82, 2.24) is 21.3 Å². The van der Waals surface area contributed by atoms with Crippen molar-refractivity contribution in [2.45, 2.75) is 77.8 Å². The van der Waals surface area contributed by atoms with Crippen LogP contribution in [0.4, 0.5) is 0 Å². The van der Waals surface area contributed by atoms with Crippen molar-refractivity contribution < 1.29 is 59.4 Å². The lowest BCUT2D eigenvalue weighted by Crippen LogP contribution is -2.38. The maximum atomic E-state index is 10.4. The predicted molar refractivity (Wildman–Crippen MR) is 229 cm³/mol. The summed E-state index contributed by atoms with van der Waals surface area (Å²) in [7, 11) is 6.50. The maximum absolute atomic E-state index is 10.4. The van der Waals surface area contributed by atoms with E-state index in [1.54, 1.807) is 66.3 Å². The molecule has 0 amide bonds. The summed E-state index contributed by atoms with van der Waals surface area (Å²) >= 11 is 0. The SMILES string of the molecule is C=C[C@@H](C)[C@@H](NC)C(=O)O.C=C[C@@H](C)[C@H](N)C(=O)O.C=C[C@@H](C)[C@H](NC)C(=O)O.C=C[C@H](C)[C@@H](NC)C(=O)O.C=C[C@H](C)[C@H](N)C(=O)O.C=C[C@H](C)[C@H](NC)C(=O)O. The molecule has 0 fully saturated rings. The van der Waals surface area contributed by atoms with Crippen LogP contribution < -0.4 is 32.7 Å². The monoisotopic (exact) mass is 831 g/mol. The third-order valence-corrected chi connectivity index (χ3v) is 8.35. The number of hydrogen-bond donors (Lipinski definition) is 12. The second-order valence-electron chi connectivity index (χ2n) is 12.7. The highest BCUT2D eigenvalue weighted by Crippen LogP contribution is 2.05. The lowest BCUT2D eigenvalue weighted by molar-refractivity contribution is -0.141. The van der Waals surface area contributed by atoms with E-state index in [0.717, 1.165) is 0 Å². The minimum Gasteiger partial charge on any atom is -0.480 e. The van der Waals surface area contributed by atoms with Crippen molar-refractivity contribution in [2.75, 3.05) is 28.2 Å². The average molecular weight is 831 g/mol. The summed E-state index contributed by atoms with van der Waals surface area (Å²) in [5.74, 6) is -5.81. The summed E-state index contributed by atoms with van der Waals surface area (Å²) in [5, 5.41) is 61.6. The van der Waals surface area contributed by atoms with Crippen molar-refractivity contribution in [3.63, 3.8) is 0 Å². The van der Waals surface area contributed by atoms with Gasteiger partial charge in [-0.15, -0.1) is 39.5 Å². The third-order valence-electron chi connectivity index (χ3n) is 8.35. The molecular formula is C40H74N6O12. The number of hydrogen-bond acceptors (Lipinski definition) is 12. The maximum Gasteiger partial charge on any atom is 0.321 e. The van der Waals surface area contributed by atoms with Crippen LogP contribution in [0.3, 0.4) is 0 Å². The van der Waals surface area contributed by atoms with Crippen LogP contribution in [0.1, 0.15) is 41.5 Å². The lowest BCUT2D eigenvalue weighted by atomic mass is 10.0. The molecule has 0 aromatic carbocycles. The first-order valence-electron chi connectivity index (χ1n) is 18.0. The van der Waals surface area contributed by atoms with E-state index in [4.69, 9.17) is 42.1 Å². The molecule has 0 aliphatic carbocycles. The van der Waals surface area contributed by atoms with Crippen LogP contribution >= 0.6 is 0 Å². The van der Waals surface area contributed by atoms with Crippen LogP contribution in [0.2, 0.25) is 0 Å². The summed E-state index contributed by atoms with van der Waals surface area (Å²) in [6, 6.07) is -3.70. The summed E-state index contributed by atoms with van der Waals surface area (Å²) in [5.41, 5.74) is 10.4. The van der Waals surface area contributed by atoms with E-state index in [0.29, 0.717) is 0 Å². The Labute approximate surface area is 344 Å². The molecule has 0 saturated heterocycles. The van der Waals surface area contributed by atoms with Gasteiger partial charge in [0.2, 0.25) is 0 Å². The van der Waals surface area contributed by atoms with Gasteiger partial charge in [0.25, 0.3) is 0 Å². The Morgan fingerprint density at radius 3 is 0.534 bits per heavy atom. The van der Waals surface area contributed by atoms with E-state index in [1.165, 1.54) is 12.2 Å². The smallest absolute Gasteiger partial charge is 0.321 e. The first-order valence-corrected chi connectivity index (χ1v) is 18.0. The summed E-state index contributed by atoms with van der Waals surface area (Å²) in [4.78, 5) is 61.9. The highest BCUT2D eigenvalue weighted by Gasteiger charge is 2.22. The average Bonchev–Trinajstić information content (AvgIpc) is 3.17. The normalized spacial score (nSPS) is 15.9. The van der Waals surface area contributed by atoms with Gasteiger partial charge in [0.05, 0.1) is 0 Å². The first kappa shape index (κ1) is 64.9. The molecular weight excluding hydrogens is 756 g/mol. The molecule has 0 aromatic heterocycles. The molecule has 0 bridgehead atoms. The Morgan fingerprint density at radius 2 is 0.500 bits per heavy atom. The van der Waals surface area contributed by atoms with Crippen molar-refractivity contribution in [1.29, 1.82) is 0 Å². The molecule has 0 saturated carbocycles. The number of nitrogens with two attached hydrogens (primary N) is 2. The molecule has 336 valence electrons. The molecule has 12 atom stereocenters. The van der Waals surface area contributed by atoms with Gasteiger partial charge in [0.15, 0.2) is 0 Å². The molecule has 0 aromatic rings. The van der Waals surface area contributed by atoms with Crippen molar-refractivity contribution in [3.05, 3.63) is 75.9 Å². The molecule has 18 nitrogen and oxygen atoms in total. The zero-order chi connectivity index (χ0) is 47.5. The number of carboxylic acids is 6. The number of rotatable bonds is 22. The Hall–Kier alpha value is -4.98. The fraction of sp³-hybridized carbons (Fsp3) is 0.550. The number of carboxylic acid groups (broad SMARTS) is 6. The summed E-state index contributed by atoms with van der Waals surface area (Å²) in [6.07, 6.45) is 9.53. The van der Waals surface area contributed by atoms with E-state index >= 15 is 0 Å². The topological polar surface area (TPSA) is 324 Å². The van der Waals surface area contributed by atoms with Gasteiger partial charge in [-0.05, 0) is 63.7 Å². The Bertz CT molecular complexity index is 1110. The molecule has 58 heavy (non-hydrogen) atoms. The molecule has 18 heteroatoms. The van der Waals surface area contributed by atoms with E-state index in [2.05, 4.69) is 60.7 Å². The van der Waals surface area contributed by atoms with Crippen LogP contribution in [0, 0.1) is 35.5 Å². The molecule has 0 radical (unpaired) electrons. The molecule has 0 spiro atoms. The van der Waals surface area contributed by atoms with Gasteiger partial charge in [-0.3, -0.25) is 28.8 Å². The van der Waals surface area contributed by atoms with Crippen LogP contribution in [0.5, 0.6) is 0 Å². The number of nitrogens with one attached hydrogen (secondary N) is 4. The van der Waals surface area contributed by atoms with Gasteiger partial charge in [-0.1, -0.05) is 78.0 Å². The molecule has 0 unspecified atom stereocenters. The zero-order valence-corrected chi connectivity index (χ0v) is 35.9. The Kier molecular flexibility index (Phi) is 43.5. The molecule has 0 aliphatic heterocycles. The van der Waals surface area contributed by atoms with Gasteiger partial charge < -0.3 is 63.4 Å². The van der Waals surface area contributed by atoms with Gasteiger partial charge >= 0.3 is 35.8 Å². The second-order valence-corrected chi connectivity index (χ2v) is 12.7. The third kappa shape index (κ3) is 32.1. The van der Waals surface area contributed by atoms with Gasteiger partial charge in [0, 0.05) is 0 Å². The Balaban J connectivity index is -0.000000140. The minimum absolute atomic E-state index is 0.0394. The highest BCUT2D eigenvalue weighted by atomic mass is 16.4. The fourth-order valence-corrected chi connectivity index (χ4v) is 3.73. The lowest BCUT2D eigenvalue weighted by Gasteiger charge is -2.14. The van der Waals surface area contributed by atoms with Crippen LogP contribution in [0.15, 0.2) is 75.9 Å². The van der Waals surface area contributed by atoms with Crippen LogP contribution in [-0.4, -0.2) is 131 Å². The highest BCUT2D eigenvalue weighted by molar-refractivity contribution is 5.75. The van der Waals surface area contributed by atoms with Crippen molar-refractivity contribution in [2.24, 2.45) is 47.0 Å². The van der Waals surface area contributed by atoms with E-state index in [-0.39, 0.29) is 35.5 Å². The van der Waals surface area contributed by atoms with Crippen LogP contribution in [0.25, 0.3) is 0 Å². The van der Waals surface area contributed by atoms with Crippen molar-refractivity contribution >= 4 is 35.8 Å². The molecule has 0 rings (SSSR count). The fourth-order valence-electron chi connectivity index (χ4n) is 3.73. The van der Waals surface area contributed by atoms with Gasteiger partial charge in [-0.25, -0.2) is 0 Å². The Morgan fingerprint density at radius 1 is 0.362 bits per heavy atom. The summed E-state index contributed by atoms with van der Waals surface area (Å²) < 4.78 is 0. The van der Waals surface area contributed by atoms with E-state index in [1.807, 2.05) is 27.7 Å². The van der Waals surface area contributed by atoms with E-state index in [9.17, 15) is 28.8 Å². The molecule has 0 aliphatic rings. The molecule has 0 heterocycles. The number of aliphatic carboxylic acids is 6. The standard InChI is InChI=1S/4C7H13NO2.2C6H11NO2/c4*1-4-5(2)6(8-3)7(9)10;2*1-3-4(2)5(7)6(8)9/h4*4-6,8H,1H2,2-3H3,(H,9,10);2*3-5H,1,7H2,2H3,(H,8,9)/t2*5-,6+;2*5-,6-;4-,5+;4-,5-/m101010/s1. The number of carbonyl (C=O) groups is 6. The van der Waals surface area contributed by atoms with Gasteiger partial charge in [-0.2, -0.15) is 0 Å². The quantitative estimate of drug-likeness (QED) is 0.0697. The minimum atomic E-state index is -0.984. The summed E-state index contributed by atoms with van der Waals surface area (Å²) in [6.45, 7) is 31.5. The van der Waals surface area contributed by atoms with E-state index < -0.39 is 72.1 Å².